The largest absolute Gasteiger partial charge is 0.390 e. The van der Waals surface area contributed by atoms with Crippen molar-refractivity contribution in [3.05, 3.63) is 11.6 Å². The molecule has 5 unspecified atom stereocenters. The van der Waals surface area contributed by atoms with Gasteiger partial charge in [-0.15, -0.1) is 0 Å². The Labute approximate surface area is 134 Å². The molecule has 0 saturated heterocycles. The molecule has 6 atom stereocenters. The smallest absolute Gasteiger partial charge is 0.139 e. The van der Waals surface area contributed by atoms with Gasteiger partial charge in [0, 0.05) is 11.8 Å². The molecule has 0 spiro atoms. The summed E-state index contributed by atoms with van der Waals surface area (Å²) in [6, 6.07) is 0. The summed E-state index contributed by atoms with van der Waals surface area (Å²) in [4.78, 5) is 12.5. The first kappa shape index (κ1) is 14.9. The Kier molecular flexibility index (Phi) is 3.03. The van der Waals surface area contributed by atoms with Crippen molar-refractivity contribution in [2.45, 2.75) is 77.7 Å². The molecule has 0 radical (unpaired) electrons. The van der Waals surface area contributed by atoms with E-state index >= 15 is 0 Å². The normalized spacial score (nSPS) is 54.3. The van der Waals surface area contributed by atoms with Crippen LogP contribution in [0.2, 0.25) is 0 Å². The average molecular weight is 302 g/mol. The summed E-state index contributed by atoms with van der Waals surface area (Å²) in [6.07, 6.45) is 11.0. The summed E-state index contributed by atoms with van der Waals surface area (Å²) >= 11 is 0. The summed E-state index contributed by atoms with van der Waals surface area (Å²) in [5, 5.41) is 11.4. The van der Waals surface area contributed by atoms with Crippen LogP contribution in [-0.2, 0) is 4.79 Å². The Morgan fingerprint density at radius 3 is 2.68 bits per heavy atom. The molecule has 0 aromatic rings. The molecule has 0 aromatic heterocycles. The third-order valence-electron chi connectivity index (χ3n) is 7.94. The zero-order valence-electron chi connectivity index (χ0n) is 14.3. The van der Waals surface area contributed by atoms with Crippen molar-refractivity contribution in [3.63, 3.8) is 0 Å². The number of Topliss-reactive ketones (excluding diaryl/α,β-unsaturated/α-hetero) is 1. The van der Waals surface area contributed by atoms with Crippen LogP contribution in [0.25, 0.3) is 0 Å². The van der Waals surface area contributed by atoms with Crippen LogP contribution >= 0.6 is 0 Å². The topological polar surface area (TPSA) is 37.3 Å². The fourth-order valence-electron chi connectivity index (χ4n) is 7.29. The molecule has 0 amide bonds. The molecule has 122 valence electrons. The quantitative estimate of drug-likeness (QED) is 0.679. The van der Waals surface area contributed by atoms with Crippen molar-refractivity contribution in [2.75, 3.05) is 0 Å². The maximum absolute atomic E-state index is 12.5. The van der Waals surface area contributed by atoms with E-state index in [1.165, 1.54) is 32.1 Å². The first-order chi connectivity index (χ1) is 10.3. The minimum atomic E-state index is -0.707. The number of hydrogen-bond donors (Lipinski definition) is 1. The molecule has 0 aromatic carbocycles. The van der Waals surface area contributed by atoms with Gasteiger partial charge in [-0.25, -0.2) is 0 Å². The lowest BCUT2D eigenvalue weighted by Crippen LogP contribution is -2.61. The summed E-state index contributed by atoms with van der Waals surface area (Å²) < 4.78 is 0. The van der Waals surface area contributed by atoms with Gasteiger partial charge in [0.05, 0.1) is 5.60 Å². The molecule has 2 heteroatoms. The fraction of sp³-hybridized carbons (Fsp3) is 0.850. The van der Waals surface area contributed by atoms with Crippen LogP contribution in [0, 0.1) is 28.6 Å². The number of fused-ring (bicyclic) bond motifs is 5. The molecule has 0 bridgehead atoms. The second-order valence-electron chi connectivity index (χ2n) is 9.24. The number of carbonyl (C=O) groups excluding carboxylic acids is 1. The predicted molar refractivity (Wildman–Crippen MR) is 87.3 cm³/mol. The highest BCUT2D eigenvalue weighted by Crippen LogP contribution is 2.67. The van der Waals surface area contributed by atoms with Gasteiger partial charge in [0.1, 0.15) is 5.78 Å². The van der Waals surface area contributed by atoms with E-state index in [1.807, 2.05) is 6.92 Å². The van der Waals surface area contributed by atoms with Crippen LogP contribution in [0.15, 0.2) is 11.6 Å². The summed E-state index contributed by atoms with van der Waals surface area (Å²) in [6.45, 7) is 6.58. The van der Waals surface area contributed by atoms with Crippen LogP contribution in [0.4, 0.5) is 0 Å². The Bertz CT molecular complexity index is 546. The molecule has 4 rings (SSSR count). The summed E-state index contributed by atoms with van der Waals surface area (Å²) in [5.74, 6) is 1.78. The van der Waals surface area contributed by atoms with Gasteiger partial charge < -0.3 is 5.11 Å². The molecule has 0 aliphatic heterocycles. The monoisotopic (exact) mass is 302 g/mol. The second-order valence-corrected chi connectivity index (χ2v) is 9.24. The number of carbonyl (C=O) groups is 1. The number of rotatable bonds is 0. The van der Waals surface area contributed by atoms with Gasteiger partial charge in [0.25, 0.3) is 0 Å². The highest BCUT2D eigenvalue weighted by Gasteiger charge is 2.65. The Hall–Kier alpha value is -0.630. The maximum Gasteiger partial charge on any atom is 0.139 e. The Morgan fingerprint density at radius 1 is 1.14 bits per heavy atom. The van der Waals surface area contributed by atoms with E-state index in [9.17, 15) is 9.90 Å². The van der Waals surface area contributed by atoms with E-state index in [2.05, 4.69) is 19.9 Å². The molecule has 4 aliphatic carbocycles. The lowest BCUT2D eigenvalue weighted by Gasteiger charge is -2.62. The average Bonchev–Trinajstić information content (AvgIpc) is 2.72. The van der Waals surface area contributed by atoms with Crippen LogP contribution in [-0.4, -0.2) is 16.5 Å². The zero-order valence-corrected chi connectivity index (χ0v) is 14.3. The van der Waals surface area contributed by atoms with E-state index in [-0.39, 0.29) is 10.8 Å². The minimum absolute atomic E-state index is 0.164. The Morgan fingerprint density at radius 2 is 1.91 bits per heavy atom. The van der Waals surface area contributed by atoms with E-state index in [1.54, 1.807) is 5.57 Å². The van der Waals surface area contributed by atoms with E-state index < -0.39 is 5.60 Å². The molecular weight excluding hydrogens is 272 g/mol. The third-order valence-corrected chi connectivity index (χ3v) is 7.94. The molecule has 3 saturated carbocycles. The van der Waals surface area contributed by atoms with Crippen LogP contribution in [0.3, 0.4) is 0 Å². The first-order valence-corrected chi connectivity index (χ1v) is 9.24. The third kappa shape index (κ3) is 1.74. The molecule has 22 heavy (non-hydrogen) atoms. The van der Waals surface area contributed by atoms with E-state index in [4.69, 9.17) is 0 Å². The first-order valence-electron chi connectivity index (χ1n) is 9.24. The van der Waals surface area contributed by atoms with Crippen LogP contribution in [0.1, 0.15) is 72.1 Å². The molecule has 1 N–H and O–H groups in total. The molecule has 4 aliphatic rings. The second kappa shape index (κ2) is 4.47. The van der Waals surface area contributed by atoms with Crippen molar-refractivity contribution in [1.82, 2.24) is 0 Å². The van der Waals surface area contributed by atoms with Crippen LogP contribution in [0.5, 0.6) is 0 Å². The van der Waals surface area contributed by atoms with Crippen molar-refractivity contribution in [3.8, 4) is 0 Å². The predicted octanol–water partition coefficient (Wildman–Crippen LogP) is 4.27. The number of aliphatic hydroxyl groups is 1. The zero-order chi connectivity index (χ0) is 15.8. The van der Waals surface area contributed by atoms with Crippen molar-refractivity contribution >= 4 is 5.78 Å². The van der Waals surface area contributed by atoms with Gasteiger partial charge in [0.2, 0.25) is 0 Å². The molecule has 0 heterocycles. The minimum Gasteiger partial charge on any atom is -0.390 e. The number of ketones is 1. The van der Waals surface area contributed by atoms with Crippen molar-refractivity contribution in [1.29, 1.82) is 0 Å². The maximum atomic E-state index is 12.5. The van der Waals surface area contributed by atoms with Gasteiger partial charge in [-0.05, 0) is 75.0 Å². The number of allylic oxidation sites excluding steroid dienone is 2. The summed E-state index contributed by atoms with van der Waals surface area (Å²) in [5.41, 5.74) is 0.795. The molecular formula is C20H30O2. The van der Waals surface area contributed by atoms with Crippen molar-refractivity contribution < 1.29 is 9.90 Å². The highest BCUT2D eigenvalue weighted by atomic mass is 16.3. The number of hydrogen-bond acceptors (Lipinski definition) is 2. The standard InChI is InChI=1S/C20H30O2/c1-18-11-5-4-6-13(18)7-8-14-15-9-10-16(21)19(15,2)12-20(3,22)17(14)18/h6,14-15,17,22H,4-5,7-12H2,1-3H3/t14?,15?,17?,18?,19?,20-/m0/s1. The lowest BCUT2D eigenvalue weighted by molar-refractivity contribution is -0.179. The van der Waals surface area contributed by atoms with Gasteiger partial charge in [-0.1, -0.05) is 25.5 Å². The SMILES string of the molecule is CC12C[C@](C)(O)C3C(CCC4=CCCCC43C)C1CCC2=O. The molecule has 3 fully saturated rings. The highest BCUT2D eigenvalue weighted by molar-refractivity contribution is 5.87. The molecule has 2 nitrogen and oxygen atoms in total. The van der Waals surface area contributed by atoms with E-state index in [0.29, 0.717) is 30.0 Å². The van der Waals surface area contributed by atoms with E-state index in [0.717, 1.165) is 12.8 Å². The lowest BCUT2D eigenvalue weighted by atomic mass is 9.43. The van der Waals surface area contributed by atoms with Crippen molar-refractivity contribution in [2.24, 2.45) is 28.6 Å². The summed E-state index contributed by atoms with van der Waals surface area (Å²) in [7, 11) is 0. The van der Waals surface area contributed by atoms with Crippen LogP contribution < -0.4 is 0 Å². The van der Waals surface area contributed by atoms with Gasteiger partial charge >= 0.3 is 0 Å². The van der Waals surface area contributed by atoms with Gasteiger partial charge in [-0.3, -0.25) is 4.79 Å². The van der Waals surface area contributed by atoms with Gasteiger partial charge in [0.15, 0.2) is 0 Å². The fourth-order valence-corrected chi connectivity index (χ4v) is 7.29. The van der Waals surface area contributed by atoms with Gasteiger partial charge in [-0.2, -0.15) is 0 Å². The Balaban J connectivity index is 1.81.